The Balaban J connectivity index is 2.02. The number of thiazole rings is 1. The molecule has 30 heavy (non-hydrogen) atoms. The number of ether oxygens (including phenoxy) is 3. The van der Waals surface area contributed by atoms with Crippen molar-refractivity contribution in [2.45, 2.75) is 26.3 Å². The summed E-state index contributed by atoms with van der Waals surface area (Å²) in [5, 5.41) is 0. The van der Waals surface area contributed by atoms with Gasteiger partial charge in [-0.3, -0.25) is 4.79 Å². The molecule has 0 saturated heterocycles. The van der Waals surface area contributed by atoms with Crippen LogP contribution in [0.2, 0.25) is 0 Å². The van der Waals surface area contributed by atoms with Gasteiger partial charge < -0.3 is 18.8 Å². The van der Waals surface area contributed by atoms with Crippen LogP contribution in [0.1, 0.15) is 30.1 Å². The maximum Gasteiger partial charge on any atom is 0.279 e. The highest BCUT2D eigenvalue weighted by atomic mass is 32.1. The Hall–Kier alpha value is -3.06. The Morgan fingerprint density at radius 2 is 1.97 bits per heavy atom. The molecule has 0 aliphatic carbocycles. The summed E-state index contributed by atoms with van der Waals surface area (Å²) in [5.41, 5.74) is 1.39. The number of unbranched alkanes of at least 4 members (excludes halogenated alkanes) is 1. The van der Waals surface area contributed by atoms with Gasteiger partial charge in [0.2, 0.25) is 0 Å². The van der Waals surface area contributed by atoms with Crippen LogP contribution < -0.4 is 19.0 Å². The monoisotopic (exact) mass is 426 g/mol. The summed E-state index contributed by atoms with van der Waals surface area (Å²) < 4.78 is 19.4. The number of carbonyl (C=O) groups is 1. The van der Waals surface area contributed by atoms with E-state index < -0.39 is 0 Å². The normalized spacial score (nSPS) is 11.5. The first-order chi connectivity index (χ1) is 14.6. The van der Waals surface area contributed by atoms with Gasteiger partial charge in [0.05, 0.1) is 31.0 Å². The van der Waals surface area contributed by atoms with Gasteiger partial charge in [-0.1, -0.05) is 36.8 Å². The van der Waals surface area contributed by atoms with Crippen LogP contribution in [0.3, 0.4) is 0 Å². The lowest BCUT2D eigenvalue weighted by atomic mass is 10.2. The summed E-state index contributed by atoms with van der Waals surface area (Å²) in [6, 6.07) is 10.9. The van der Waals surface area contributed by atoms with Crippen molar-refractivity contribution in [1.29, 1.82) is 0 Å². The first-order valence-corrected chi connectivity index (χ1v) is 10.6. The smallest absolute Gasteiger partial charge is 0.279 e. The fraction of sp³-hybridized carbons (Fsp3) is 0.304. The molecule has 1 aromatic heterocycles. The number of aromatic nitrogens is 1. The second-order valence-electron chi connectivity index (χ2n) is 6.61. The number of nitrogens with zero attached hydrogens (tertiary/aromatic N) is 2. The Morgan fingerprint density at radius 1 is 1.20 bits per heavy atom. The second-order valence-corrected chi connectivity index (χ2v) is 7.61. The third-order valence-corrected chi connectivity index (χ3v) is 5.59. The van der Waals surface area contributed by atoms with Gasteiger partial charge in [-0.25, -0.2) is 0 Å². The van der Waals surface area contributed by atoms with Crippen LogP contribution in [0, 0.1) is 0 Å². The van der Waals surface area contributed by atoms with E-state index in [1.807, 2.05) is 28.8 Å². The van der Waals surface area contributed by atoms with Crippen molar-refractivity contribution in [3.8, 4) is 17.2 Å². The minimum Gasteiger partial charge on any atom is -0.494 e. The molecule has 7 heteroatoms. The number of benzene rings is 2. The molecule has 2 aromatic carbocycles. The van der Waals surface area contributed by atoms with Gasteiger partial charge in [0, 0.05) is 24.2 Å². The van der Waals surface area contributed by atoms with Gasteiger partial charge in [0.15, 0.2) is 16.3 Å². The first-order valence-electron chi connectivity index (χ1n) is 9.79. The lowest BCUT2D eigenvalue weighted by Gasteiger charge is -2.08. The zero-order valence-corrected chi connectivity index (χ0v) is 18.3. The largest absolute Gasteiger partial charge is 0.494 e. The molecule has 6 nitrogen and oxygen atoms in total. The first kappa shape index (κ1) is 21.6. The maximum atomic E-state index is 12.9. The topological polar surface area (TPSA) is 62.1 Å². The highest BCUT2D eigenvalue weighted by Crippen LogP contribution is 2.33. The molecule has 3 aromatic rings. The lowest BCUT2D eigenvalue weighted by Crippen LogP contribution is -2.16. The van der Waals surface area contributed by atoms with Gasteiger partial charge in [0.25, 0.3) is 5.91 Å². The zero-order chi connectivity index (χ0) is 21.5. The number of methoxy groups -OCH3 is 2. The van der Waals surface area contributed by atoms with E-state index in [4.69, 9.17) is 14.2 Å². The summed E-state index contributed by atoms with van der Waals surface area (Å²) in [6.07, 6.45) is 3.80. The maximum absolute atomic E-state index is 12.9. The van der Waals surface area contributed by atoms with Crippen molar-refractivity contribution in [3.63, 3.8) is 0 Å². The number of hydrogen-bond donors (Lipinski definition) is 0. The number of rotatable bonds is 9. The van der Waals surface area contributed by atoms with Crippen molar-refractivity contribution in [2.24, 2.45) is 4.99 Å². The Labute approximate surface area is 180 Å². The molecule has 0 aliphatic rings. The molecule has 0 aliphatic heterocycles. The molecule has 0 N–H and O–H groups in total. The quantitative estimate of drug-likeness (QED) is 0.363. The lowest BCUT2D eigenvalue weighted by molar-refractivity contribution is 0.0997. The van der Waals surface area contributed by atoms with E-state index in [-0.39, 0.29) is 5.91 Å². The van der Waals surface area contributed by atoms with Crippen LogP contribution in [-0.2, 0) is 6.54 Å². The highest BCUT2D eigenvalue weighted by molar-refractivity contribution is 7.16. The van der Waals surface area contributed by atoms with Crippen LogP contribution in [0.25, 0.3) is 10.2 Å². The molecular formula is C23H26N2O4S. The number of allylic oxidation sites excluding steroid dienone is 1. The van der Waals surface area contributed by atoms with E-state index >= 15 is 0 Å². The summed E-state index contributed by atoms with van der Waals surface area (Å²) in [7, 11) is 3.19. The fourth-order valence-electron chi connectivity index (χ4n) is 2.99. The van der Waals surface area contributed by atoms with E-state index in [9.17, 15) is 4.79 Å². The minimum atomic E-state index is -0.320. The number of carbonyl (C=O) groups excluding carboxylic acids is 1. The minimum absolute atomic E-state index is 0.320. The highest BCUT2D eigenvalue weighted by Gasteiger charge is 2.13. The van der Waals surface area contributed by atoms with Crippen molar-refractivity contribution < 1.29 is 19.0 Å². The molecule has 0 spiro atoms. The number of hydrogen-bond acceptors (Lipinski definition) is 5. The summed E-state index contributed by atoms with van der Waals surface area (Å²) in [6.45, 7) is 7.08. The average Bonchev–Trinajstić information content (AvgIpc) is 3.09. The van der Waals surface area contributed by atoms with E-state index in [2.05, 4.69) is 18.5 Å². The van der Waals surface area contributed by atoms with Crippen LogP contribution in [0.5, 0.6) is 17.2 Å². The molecule has 0 bridgehead atoms. The van der Waals surface area contributed by atoms with Gasteiger partial charge in [-0.2, -0.15) is 4.99 Å². The molecule has 158 valence electrons. The fourth-order valence-corrected chi connectivity index (χ4v) is 4.04. The van der Waals surface area contributed by atoms with E-state index in [0.717, 1.165) is 23.1 Å². The van der Waals surface area contributed by atoms with Crippen molar-refractivity contribution in [2.75, 3.05) is 20.8 Å². The van der Waals surface area contributed by atoms with Gasteiger partial charge in [-0.15, -0.1) is 6.58 Å². The third kappa shape index (κ3) is 4.74. The zero-order valence-electron chi connectivity index (χ0n) is 17.5. The number of amides is 1. The van der Waals surface area contributed by atoms with E-state index in [1.54, 1.807) is 32.4 Å². The van der Waals surface area contributed by atoms with Crippen molar-refractivity contribution in [3.05, 3.63) is 59.4 Å². The summed E-state index contributed by atoms with van der Waals surface area (Å²) >= 11 is 1.42. The molecule has 0 atom stereocenters. The summed E-state index contributed by atoms with van der Waals surface area (Å²) in [4.78, 5) is 17.8. The van der Waals surface area contributed by atoms with Crippen LogP contribution >= 0.6 is 11.3 Å². The van der Waals surface area contributed by atoms with Crippen molar-refractivity contribution >= 4 is 27.5 Å². The molecule has 0 radical (unpaired) electrons. The predicted octanol–water partition coefficient (Wildman–Crippen LogP) is 4.83. The molecule has 0 fully saturated rings. The third-order valence-electron chi connectivity index (χ3n) is 4.54. The van der Waals surface area contributed by atoms with Crippen LogP contribution in [0.15, 0.2) is 54.0 Å². The Kier molecular flexibility index (Phi) is 7.30. The van der Waals surface area contributed by atoms with E-state index in [0.29, 0.717) is 40.8 Å². The van der Waals surface area contributed by atoms with Gasteiger partial charge in [-0.05, 0) is 24.6 Å². The molecule has 0 saturated carbocycles. The standard InChI is InChI=1S/C23H26N2O4S/c1-5-7-12-29-17-10-8-9-16(13-17)22(26)24-23-25(11-6-2)18-14-19(27-3)20(28-4)15-21(18)30-23/h6,8-10,13-15H,2,5,7,11-12H2,1,3-4H3. The molecule has 3 rings (SSSR count). The Morgan fingerprint density at radius 3 is 2.67 bits per heavy atom. The molecular weight excluding hydrogens is 400 g/mol. The second kappa shape index (κ2) is 10.1. The van der Waals surface area contributed by atoms with Crippen LogP contribution in [-0.4, -0.2) is 31.3 Å². The van der Waals surface area contributed by atoms with Gasteiger partial charge in [0.1, 0.15) is 5.75 Å². The van der Waals surface area contributed by atoms with Gasteiger partial charge >= 0.3 is 0 Å². The number of fused-ring (bicyclic) bond motifs is 1. The predicted molar refractivity (Wildman–Crippen MR) is 120 cm³/mol. The van der Waals surface area contributed by atoms with E-state index in [1.165, 1.54) is 11.3 Å². The van der Waals surface area contributed by atoms with Crippen molar-refractivity contribution in [1.82, 2.24) is 4.57 Å². The Bertz CT molecular complexity index is 1110. The molecule has 1 amide bonds. The summed E-state index contributed by atoms with van der Waals surface area (Å²) in [5.74, 6) is 1.61. The average molecular weight is 427 g/mol. The SMILES string of the molecule is C=CCn1c(=NC(=O)c2cccc(OCCCC)c2)sc2cc(OC)c(OC)cc21. The van der Waals surface area contributed by atoms with Crippen LogP contribution in [0.4, 0.5) is 0 Å². The molecule has 1 heterocycles. The molecule has 0 unspecified atom stereocenters.